The Bertz CT molecular complexity index is 698. The van der Waals surface area contributed by atoms with Crippen molar-refractivity contribution < 1.29 is 14.1 Å². The minimum Gasteiger partial charge on any atom is -0.313 e. The molecule has 2 rings (SSSR count). The molecule has 1 aromatic carbocycles. The number of aromatic amines is 1. The first-order valence-corrected chi connectivity index (χ1v) is 6.06. The quantitative estimate of drug-likeness (QED) is 0.662. The number of halogens is 1. The van der Waals surface area contributed by atoms with Crippen molar-refractivity contribution in [3.63, 3.8) is 0 Å². The van der Waals surface area contributed by atoms with Gasteiger partial charge in [-0.3, -0.25) is 20.0 Å². The Morgan fingerprint density at radius 2 is 2.19 bits per heavy atom. The van der Waals surface area contributed by atoms with Gasteiger partial charge in [0.05, 0.1) is 11.0 Å². The second-order valence-corrected chi connectivity index (χ2v) is 4.57. The topological polar surface area (TPSA) is 114 Å². The van der Waals surface area contributed by atoms with Crippen LogP contribution in [0.1, 0.15) is 36.2 Å². The molecule has 110 valence electrons. The van der Waals surface area contributed by atoms with Crippen LogP contribution in [0.2, 0.25) is 0 Å². The van der Waals surface area contributed by atoms with Gasteiger partial charge in [-0.2, -0.15) is 0 Å². The fourth-order valence-electron chi connectivity index (χ4n) is 1.57. The molecule has 0 radical (unpaired) electrons. The lowest BCUT2D eigenvalue weighted by Gasteiger charge is -2.03. The van der Waals surface area contributed by atoms with Crippen molar-refractivity contribution in [2.45, 2.75) is 19.8 Å². The minimum absolute atomic E-state index is 0.0548. The summed E-state index contributed by atoms with van der Waals surface area (Å²) in [6.45, 7) is 3.74. The number of carbonyl (C=O) groups excluding carboxylic acids is 1. The van der Waals surface area contributed by atoms with Gasteiger partial charge in [0, 0.05) is 5.92 Å². The number of nitro groups is 1. The smallest absolute Gasteiger partial charge is 0.295 e. The summed E-state index contributed by atoms with van der Waals surface area (Å²) in [7, 11) is 0. The van der Waals surface area contributed by atoms with Crippen molar-refractivity contribution in [1.82, 2.24) is 15.2 Å². The number of benzene rings is 1. The zero-order chi connectivity index (χ0) is 15.6. The molecule has 1 aromatic heterocycles. The molecule has 0 aliphatic heterocycles. The normalized spacial score (nSPS) is 10.7. The van der Waals surface area contributed by atoms with Crippen LogP contribution < -0.4 is 5.32 Å². The lowest BCUT2D eigenvalue weighted by molar-refractivity contribution is -0.384. The van der Waals surface area contributed by atoms with Crippen LogP contribution in [0.4, 0.5) is 15.8 Å². The number of nitro benzene ring substituents is 1. The number of H-pyrrole nitrogens is 1. The number of aromatic nitrogens is 3. The van der Waals surface area contributed by atoms with E-state index in [0.29, 0.717) is 5.82 Å². The Labute approximate surface area is 118 Å². The summed E-state index contributed by atoms with van der Waals surface area (Å²) in [5, 5.41) is 19.5. The van der Waals surface area contributed by atoms with Crippen LogP contribution in [-0.4, -0.2) is 26.0 Å². The van der Waals surface area contributed by atoms with Gasteiger partial charge in [-0.15, -0.1) is 5.10 Å². The van der Waals surface area contributed by atoms with Crippen molar-refractivity contribution >= 4 is 17.3 Å². The summed E-state index contributed by atoms with van der Waals surface area (Å²) in [5.74, 6) is -1.04. The van der Waals surface area contributed by atoms with E-state index in [1.807, 2.05) is 13.8 Å². The summed E-state index contributed by atoms with van der Waals surface area (Å²) in [4.78, 5) is 26.0. The molecule has 0 aliphatic rings. The Hall–Kier alpha value is -2.84. The van der Waals surface area contributed by atoms with Crippen LogP contribution in [0, 0.1) is 15.9 Å². The summed E-state index contributed by atoms with van der Waals surface area (Å²) in [6.07, 6.45) is 0. The van der Waals surface area contributed by atoms with Crippen molar-refractivity contribution in [3.8, 4) is 0 Å². The number of carbonyl (C=O) groups is 1. The maximum atomic E-state index is 13.0. The highest BCUT2D eigenvalue weighted by molar-refractivity contribution is 6.02. The van der Waals surface area contributed by atoms with Crippen LogP contribution in [0.15, 0.2) is 18.2 Å². The largest absolute Gasteiger partial charge is 0.313 e. The molecule has 2 aromatic rings. The zero-order valence-electron chi connectivity index (χ0n) is 11.3. The van der Waals surface area contributed by atoms with Gasteiger partial charge in [0.2, 0.25) is 5.82 Å². The Morgan fingerprint density at radius 3 is 2.76 bits per heavy atom. The fraction of sp³-hybridized carbons (Fsp3) is 0.250. The van der Waals surface area contributed by atoms with E-state index in [1.54, 1.807) is 0 Å². The molecule has 9 heteroatoms. The van der Waals surface area contributed by atoms with Gasteiger partial charge in [0.15, 0.2) is 0 Å². The van der Waals surface area contributed by atoms with Gasteiger partial charge in [0.1, 0.15) is 17.3 Å². The van der Waals surface area contributed by atoms with Crippen molar-refractivity contribution in [3.05, 3.63) is 45.8 Å². The Kier molecular flexibility index (Phi) is 3.92. The number of nitrogens with zero attached hydrogens (tertiary/aromatic N) is 3. The second kappa shape index (κ2) is 5.65. The van der Waals surface area contributed by atoms with Gasteiger partial charge in [-0.05, 0) is 12.1 Å². The van der Waals surface area contributed by atoms with Crippen LogP contribution in [0.3, 0.4) is 0 Å². The average molecular weight is 293 g/mol. The third-order valence-electron chi connectivity index (χ3n) is 2.66. The number of rotatable bonds is 4. The molecule has 8 nitrogen and oxygen atoms in total. The van der Waals surface area contributed by atoms with E-state index < -0.39 is 22.3 Å². The molecule has 0 bridgehead atoms. The standard InChI is InChI=1S/C12H12FN5O3/c1-6(2)10-15-11(17-16-10)12(19)14-8-4-3-7(13)5-9(8)18(20)21/h3-6H,1-2H3,(H,14,19)(H,15,16,17). The molecular formula is C12H12FN5O3. The maximum Gasteiger partial charge on any atom is 0.295 e. The molecule has 0 aliphatic carbocycles. The highest BCUT2D eigenvalue weighted by Crippen LogP contribution is 2.25. The number of anilines is 1. The van der Waals surface area contributed by atoms with E-state index in [0.717, 1.165) is 18.2 Å². The fourth-order valence-corrected chi connectivity index (χ4v) is 1.57. The predicted molar refractivity (Wildman–Crippen MR) is 71.5 cm³/mol. The van der Waals surface area contributed by atoms with Crippen LogP contribution in [0.5, 0.6) is 0 Å². The van der Waals surface area contributed by atoms with E-state index in [4.69, 9.17) is 0 Å². The minimum atomic E-state index is -0.782. The Morgan fingerprint density at radius 1 is 1.48 bits per heavy atom. The monoisotopic (exact) mass is 293 g/mol. The first kappa shape index (κ1) is 14.6. The van der Waals surface area contributed by atoms with Crippen LogP contribution >= 0.6 is 0 Å². The molecule has 0 fully saturated rings. The molecule has 0 unspecified atom stereocenters. The molecule has 21 heavy (non-hydrogen) atoms. The first-order chi connectivity index (χ1) is 9.88. The third-order valence-corrected chi connectivity index (χ3v) is 2.66. The summed E-state index contributed by atoms with van der Waals surface area (Å²) in [6, 6.07) is 2.86. The molecule has 0 saturated carbocycles. The first-order valence-electron chi connectivity index (χ1n) is 6.06. The van der Waals surface area contributed by atoms with Gasteiger partial charge in [-0.1, -0.05) is 13.8 Å². The summed E-state index contributed by atoms with van der Waals surface area (Å²) < 4.78 is 13.0. The van der Waals surface area contributed by atoms with Crippen LogP contribution in [0.25, 0.3) is 0 Å². The van der Waals surface area contributed by atoms with E-state index in [-0.39, 0.29) is 17.4 Å². The lowest BCUT2D eigenvalue weighted by atomic mass is 10.2. The van der Waals surface area contributed by atoms with E-state index >= 15 is 0 Å². The Balaban J connectivity index is 2.25. The van der Waals surface area contributed by atoms with Crippen molar-refractivity contribution in [2.24, 2.45) is 0 Å². The third kappa shape index (κ3) is 3.19. The average Bonchev–Trinajstić information content (AvgIpc) is 2.90. The van der Waals surface area contributed by atoms with Crippen molar-refractivity contribution in [1.29, 1.82) is 0 Å². The number of hydrogen-bond acceptors (Lipinski definition) is 5. The number of amides is 1. The van der Waals surface area contributed by atoms with Crippen LogP contribution in [-0.2, 0) is 0 Å². The SMILES string of the molecule is CC(C)c1nc(C(=O)Nc2ccc(F)cc2[N+](=O)[O-])n[nH]1. The van der Waals surface area contributed by atoms with Crippen molar-refractivity contribution in [2.75, 3.05) is 5.32 Å². The lowest BCUT2D eigenvalue weighted by Crippen LogP contribution is -2.15. The van der Waals surface area contributed by atoms with E-state index in [2.05, 4.69) is 20.5 Å². The second-order valence-electron chi connectivity index (χ2n) is 4.57. The number of hydrogen-bond donors (Lipinski definition) is 2. The highest BCUT2D eigenvalue weighted by atomic mass is 19.1. The molecule has 0 atom stereocenters. The van der Waals surface area contributed by atoms with E-state index in [9.17, 15) is 19.3 Å². The van der Waals surface area contributed by atoms with E-state index in [1.165, 1.54) is 0 Å². The maximum absolute atomic E-state index is 13.0. The zero-order valence-corrected chi connectivity index (χ0v) is 11.3. The highest BCUT2D eigenvalue weighted by Gasteiger charge is 2.20. The molecule has 0 saturated heterocycles. The molecule has 1 heterocycles. The number of nitrogens with one attached hydrogen (secondary N) is 2. The molecule has 2 N–H and O–H groups in total. The molecular weight excluding hydrogens is 281 g/mol. The summed E-state index contributed by atoms with van der Waals surface area (Å²) >= 11 is 0. The predicted octanol–water partition coefficient (Wildman–Crippen LogP) is 2.23. The molecule has 1 amide bonds. The van der Waals surface area contributed by atoms with Gasteiger partial charge in [0.25, 0.3) is 11.6 Å². The molecule has 0 spiro atoms. The summed E-state index contributed by atoms with van der Waals surface area (Å²) in [5.41, 5.74) is -0.662. The van der Waals surface area contributed by atoms with Gasteiger partial charge in [-0.25, -0.2) is 9.37 Å². The van der Waals surface area contributed by atoms with Gasteiger partial charge < -0.3 is 5.32 Å². The van der Waals surface area contributed by atoms with Gasteiger partial charge >= 0.3 is 0 Å².